The number of hydrogen-bond acceptors (Lipinski definition) is 2. The second-order valence-electron chi connectivity index (χ2n) is 4.07. The molecule has 0 aliphatic heterocycles. The van der Waals surface area contributed by atoms with Gasteiger partial charge in [0.1, 0.15) is 5.82 Å². The Morgan fingerprint density at radius 2 is 2.22 bits per heavy atom. The number of hydrogen-bond donors (Lipinski definition) is 1. The van der Waals surface area contributed by atoms with Crippen molar-refractivity contribution in [2.24, 2.45) is 0 Å². The number of nitrogens with one attached hydrogen (secondary N) is 1. The first-order chi connectivity index (χ1) is 8.63. The predicted octanol–water partition coefficient (Wildman–Crippen LogP) is 4.74. The molecule has 0 fully saturated rings. The lowest BCUT2D eigenvalue weighted by molar-refractivity contribution is 0.621. The van der Waals surface area contributed by atoms with Gasteiger partial charge in [-0.25, -0.2) is 4.39 Å². The lowest BCUT2D eigenvalue weighted by Gasteiger charge is -2.04. The largest absolute Gasteiger partial charge is 0.330 e. The van der Waals surface area contributed by atoms with Gasteiger partial charge in [0.15, 0.2) is 4.77 Å². The highest BCUT2D eigenvalue weighted by Gasteiger charge is 2.08. The Bertz CT molecular complexity index is 606. The molecule has 2 rings (SSSR count). The summed E-state index contributed by atoms with van der Waals surface area (Å²) < 4.78 is 16.6. The average molecular weight is 349 g/mol. The smallest absolute Gasteiger partial charge is 0.178 e. The van der Waals surface area contributed by atoms with Crippen LogP contribution in [0.1, 0.15) is 12.8 Å². The van der Waals surface area contributed by atoms with Gasteiger partial charge in [-0.15, -0.1) is 0 Å². The Kier molecular flexibility index (Phi) is 4.86. The average Bonchev–Trinajstić information content (AvgIpc) is 2.62. The molecule has 0 atom stereocenters. The fraction of sp³-hybridized carbons (Fsp3) is 0.417. The summed E-state index contributed by atoms with van der Waals surface area (Å²) in [7, 11) is 0. The van der Waals surface area contributed by atoms with E-state index in [1.165, 1.54) is 6.07 Å². The van der Waals surface area contributed by atoms with Gasteiger partial charge in [-0.05, 0) is 59.1 Å². The van der Waals surface area contributed by atoms with Crippen molar-refractivity contribution in [2.45, 2.75) is 19.4 Å². The molecular weight excluding hydrogens is 335 g/mol. The van der Waals surface area contributed by atoms with E-state index in [9.17, 15) is 4.39 Å². The summed E-state index contributed by atoms with van der Waals surface area (Å²) in [5, 5.41) is 0. The number of unbranched alkanes of at least 4 members (excludes halogenated alkanes) is 1. The number of aryl methyl sites for hydroxylation is 1. The summed E-state index contributed by atoms with van der Waals surface area (Å²) in [6.07, 6.45) is 4.35. The van der Waals surface area contributed by atoms with Crippen LogP contribution >= 0.6 is 39.9 Å². The molecule has 0 saturated carbocycles. The molecule has 0 aliphatic carbocycles. The van der Waals surface area contributed by atoms with Crippen LogP contribution in [-0.4, -0.2) is 21.6 Å². The number of thioether (sulfide) groups is 1. The molecule has 0 unspecified atom stereocenters. The summed E-state index contributed by atoms with van der Waals surface area (Å²) in [6.45, 7) is 0.872. The maximum atomic E-state index is 13.4. The molecule has 2 nitrogen and oxygen atoms in total. The van der Waals surface area contributed by atoms with Gasteiger partial charge in [-0.3, -0.25) is 0 Å². The zero-order valence-electron chi connectivity index (χ0n) is 10.0. The van der Waals surface area contributed by atoms with Crippen LogP contribution in [0.3, 0.4) is 0 Å². The number of rotatable bonds is 5. The Morgan fingerprint density at radius 3 is 2.94 bits per heavy atom. The van der Waals surface area contributed by atoms with Crippen molar-refractivity contribution in [3.05, 3.63) is 27.2 Å². The van der Waals surface area contributed by atoms with Crippen molar-refractivity contribution in [2.75, 3.05) is 12.0 Å². The maximum Gasteiger partial charge on any atom is 0.178 e. The van der Waals surface area contributed by atoms with Crippen molar-refractivity contribution in [3.8, 4) is 0 Å². The summed E-state index contributed by atoms with van der Waals surface area (Å²) in [4.78, 5) is 3.05. The Labute approximate surface area is 123 Å². The van der Waals surface area contributed by atoms with Gasteiger partial charge in [0.2, 0.25) is 0 Å². The van der Waals surface area contributed by atoms with Gasteiger partial charge in [0, 0.05) is 12.6 Å². The highest BCUT2D eigenvalue weighted by atomic mass is 79.9. The van der Waals surface area contributed by atoms with Crippen LogP contribution in [0.25, 0.3) is 11.0 Å². The molecule has 1 heterocycles. The van der Waals surface area contributed by atoms with E-state index < -0.39 is 0 Å². The highest BCUT2D eigenvalue weighted by molar-refractivity contribution is 9.10. The number of aromatic amines is 1. The van der Waals surface area contributed by atoms with Crippen LogP contribution in [0, 0.1) is 10.6 Å². The third-order valence-electron chi connectivity index (χ3n) is 2.80. The third-order valence-corrected chi connectivity index (χ3v) is 4.42. The normalized spacial score (nSPS) is 11.3. The van der Waals surface area contributed by atoms with Crippen LogP contribution in [0.4, 0.5) is 4.39 Å². The van der Waals surface area contributed by atoms with Crippen LogP contribution < -0.4 is 0 Å². The molecule has 0 spiro atoms. The van der Waals surface area contributed by atoms with Crippen LogP contribution in [0.2, 0.25) is 0 Å². The maximum absolute atomic E-state index is 13.4. The minimum atomic E-state index is -0.270. The SMILES string of the molecule is CSCCCCn1c(=S)[nH]c2cc(F)c(Br)cc21. The van der Waals surface area contributed by atoms with Gasteiger partial charge in [0.05, 0.1) is 15.5 Å². The Balaban J connectivity index is 2.29. The first-order valence-corrected chi connectivity index (χ1v) is 8.29. The molecule has 6 heteroatoms. The number of nitrogens with zero attached hydrogens (tertiary/aromatic N) is 1. The minimum absolute atomic E-state index is 0.270. The quantitative estimate of drug-likeness (QED) is 0.621. The molecule has 0 bridgehead atoms. The van der Waals surface area contributed by atoms with Crippen LogP contribution in [0.5, 0.6) is 0 Å². The number of aromatic nitrogens is 2. The molecule has 1 N–H and O–H groups in total. The van der Waals surface area contributed by atoms with Gasteiger partial charge < -0.3 is 9.55 Å². The molecule has 1 aromatic carbocycles. The predicted molar refractivity (Wildman–Crippen MR) is 82.4 cm³/mol. The van der Waals surface area contributed by atoms with Gasteiger partial charge in [0.25, 0.3) is 0 Å². The monoisotopic (exact) mass is 348 g/mol. The third kappa shape index (κ3) is 2.97. The topological polar surface area (TPSA) is 20.7 Å². The second kappa shape index (κ2) is 6.21. The van der Waals surface area contributed by atoms with E-state index in [1.807, 2.05) is 16.3 Å². The molecule has 0 aliphatic rings. The molecule has 1 aromatic heterocycles. The van der Waals surface area contributed by atoms with E-state index in [0.29, 0.717) is 9.24 Å². The number of H-pyrrole nitrogens is 1. The molecular formula is C12H14BrFN2S2. The summed E-state index contributed by atoms with van der Waals surface area (Å²) >= 11 is 10.3. The van der Waals surface area contributed by atoms with Crippen molar-refractivity contribution in [1.29, 1.82) is 0 Å². The number of imidazole rings is 1. The minimum Gasteiger partial charge on any atom is -0.330 e. The van der Waals surface area contributed by atoms with E-state index >= 15 is 0 Å². The van der Waals surface area contributed by atoms with E-state index in [2.05, 4.69) is 27.2 Å². The molecule has 0 radical (unpaired) electrons. The van der Waals surface area contributed by atoms with Crippen molar-refractivity contribution in [1.82, 2.24) is 9.55 Å². The first kappa shape index (κ1) is 14.1. The lowest BCUT2D eigenvalue weighted by Crippen LogP contribution is -1.98. The zero-order valence-corrected chi connectivity index (χ0v) is 13.2. The zero-order chi connectivity index (χ0) is 13.1. The summed E-state index contributed by atoms with van der Waals surface area (Å²) in [6, 6.07) is 3.26. The Hall–Kier alpha value is -0.330. The Morgan fingerprint density at radius 1 is 1.44 bits per heavy atom. The summed E-state index contributed by atoms with van der Waals surface area (Å²) in [5.74, 6) is 0.891. The van der Waals surface area contributed by atoms with Crippen LogP contribution in [-0.2, 0) is 6.54 Å². The standard InChI is InChI=1S/C12H14BrFN2S2/c1-18-5-3-2-4-16-11-6-8(13)9(14)7-10(11)15-12(16)17/h6-7H,2-5H2,1H3,(H,15,17). The molecule has 0 amide bonds. The molecule has 98 valence electrons. The fourth-order valence-electron chi connectivity index (χ4n) is 1.89. The second-order valence-corrected chi connectivity index (χ2v) is 6.29. The molecule has 2 aromatic rings. The fourth-order valence-corrected chi connectivity index (χ4v) is 3.01. The lowest BCUT2D eigenvalue weighted by atomic mass is 10.3. The van der Waals surface area contributed by atoms with Crippen molar-refractivity contribution in [3.63, 3.8) is 0 Å². The van der Waals surface area contributed by atoms with E-state index in [4.69, 9.17) is 12.2 Å². The first-order valence-electron chi connectivity index (χ1n) is 5.70. The van der Waals surface area contributed by atoms with Gasteiger partial charge in [-0.1, -0.05) is 0 Å². The number of halogens is 2. The number of benzene rings is 1. The van der Waals surface area contributed by atoms with Gasteiger partial charge in [-0.2, -0.15) is 11.8 Å². The molecule has 0 saturated heterocycles. The van der Waals surface area contributed by atoms with Crippen LogP contribution in [0.15, 0.2) is 16.6 Å². The van der Waals surface area contributed by atoms with E-state index in [-0.39, 0.29) is 5.82 Å². The van der Waals surface area contributed by atoms with Crippen molar-refractivity contribution >= 4 is 50.9 Å². The highest BCUT2D eigenvalue weighted by Crippen LogP contribution is 2.23. The molecule has 18 heavy (non-hydrogen) atoms. The number of fused-ring (bicyclic) bond motifs is 1. The summed E-state index contributed by atoms with van der Waals surface area (Å²) in [5.41, 5.74) is 1.71. The van der Waals surface area contributed by atoms with E-state index in [1.54, 1.807) is 6.07 Å². The van der Waals surface area contributed by atoms with Crippen molar-refractivity contribution < 1.29 is 4.39 Å². The van der Waals surface area contributed by atoms with Gasteiger partial charge >= 0.3 is 0 Å². The van der Waals surface area contributed by atoms with E-state index in [0.717, 1.165) is 36.2 Å².